The van der Waals surface area contributed by atoms with E-state index in [1.54, 1.807) is 29.6 Å². The van der Waals surface area contributed by atoms with Gasteiger partial charge in [-0.25, -0.2) is 14.2 Å². The van der Waals surface area contributed by atoms with Gasteiger partial charge in [-0.05, 0) is 24.3 Å². The molecular weight excluding hydrogens is 393 g/mol. The van der Waals surface area contributed by atoms with Gasteiger partial charge in [0.05, 0.1) is 11.3 Å². The summed E-state index contributed by atoms with van der Waals surface area (Å²) >= 11 is 6.95. The van der Waals surface area contributed by atoms with Crippen molar-refractivity contribution < 1.29 is 18.8 Å². The number of thiazole rings is 1. The molecule has 9 heteroatoms. The number of hydrogen-bond donors (Lipinski definition) is 1. The third-order valence-electron chi connectivity index (χ3n) is 3.39. The maximum Gasteiger partial charge on any atom is 0.368 e. The number of nitrogens with zero attached hydrogens (tertiary/aromatic N) is 2. The fourth-order valence-corrected chi connectivity index (χ4v) is 3.03. The van der Waals surface area contributed by atoms with Gasteiger partial charge < -0.3 is 10.6 Å². The summed E-state index contributed by atoms with van der Waals surface area (Å²) in [6.45, 7) is 0. The van der Waals surface area contributed by atoms with Crippen molar-refractivity contribution in [1.29, 1.82) is 0 Å². The second-order valence-electron chi connectivity index (χ2n) is 5.21. The number of primary amides is 1. The average molecular weight is 404 g/mol. The number of oxime groups is 1. The molecule has 3 rings (SSSR count). The lowest BCUT2D eigenvalue weighted by Crippen LogP contribution is -2.25. The number of carbonyl (C=O) groups is 2. The fraction of sp³-hybridized carbons (Fsp3) is 0. The van der Waals surface area contributed by atoms with Crippen LogP contribution in [0.3, 0.4) is 0 Å². The van der Waals surface area contributed by atoms with Crippen LogP contribution >= 0.6 is 22.9 Å². The number of halogens is 2. The minimum absolute atomic E-state index is 0.161. The molecule has 0 saturated carbocycles. The zero-order valence-electron chi connectivity index (χ0n) is 13.6. The van der Waals surface area contributed by atoms with E-state index in [-0.39, 0.29) is 16.3 Å². The molecule has 1 heterocycles. The van der Waals surface area contributed by atoms with Gasteiger partial charge >= 0.3 is 5.97 Å². The molecule has 0 aliphatic carbocycles. The largest absolute Gasteiger partial charge is 0.368 e. The highest BCUT2D eigenvalue weighted by molar-refractivity contribution is 7.13. The first kappa shape index (κ1) is 18.7. The second-order valence-corrected chi connectivity index (χ2v) is 6.50. The van der Waals surface area contributed by atoms with Crippen molar-refractivity contribution in [3.8, 4) is 11.3 Å². The minimum atomic E-state index is -1.05. The van der Waals surface area contributed by atoms with Crippen LogP contribution in [0.5, 0.6) is 0 Å². The Balaban J connectivity index is 1.85. The first-order chi connectivity index (χ1) is 13.0. The lowest BCUT2D eigenvalue weighted by atomic mass is 10.2. The van der Waals surface area contributed by atoms with Gasteiger partial charge in [0.25, 0.3) is 5.91 Å². The van der Waals surface area contributed by atoms with Crippen LogP contribution in [0.25, 0.3) is 11.3 Å². The first-order valence-electron chi connectivity index (χ1n) is 7.51. The summed E-state index contributed by atoms with van der Waals surface area (Å²) in [6.07, 6.45) is 0. The van der Waals surface area contributed by atoms with Crippen molar-refractivity contribution in [3.05, 3.63) is 75.3 Å². The summed E-state index contributed by atoms with van der Waals surface area (Å²) in [4.78, 5) is 32.6. The predicted octanol–water partition coefficient (Wildman–Crippen LogP) is 3.65. The lowest BCUT2D eigenvalue weighted by molar-refractivity contribution is -0.112. The van der Waals surface area contributed by atoms with Crippen molar-refractivity contribution in [2.45, 2.75) is 0 Å². The van der Waals surface area contributed by atoms with E-state index in [1.807, 2.05) is 0 Å². The van der Waals surface area contributed by atoms with Crippen molar-refractivity contribution in [3.63, 3.8) is 0 Å². The molecule has 27 heavy (non-hydrogen) atoms. The van der Waals surface area contributed by atoms with Gasteiger partial charge in [0.15, 0.2) is 5.01 Å². The molecule has 0 atom stereocenters. The summed E-state index contributed by atoms with van der Waals surface area (Å²) < 4.78 is 13.6. The van der Waals surface area contributed by atoms with Gasteiger partial charge in [-0.2, -0.15) is 0 Å². The topological polar surface area (TPSA) is 94.6 Å². The normalized spacial score (nSPS) is 11.3. The number of nitrogens with two attached hydrogens (primary N) is 1. The molecule has 0 unspecified atom stereocenters. The Bertz CT molecular complexity index is 1030. The Morgan fingerprint density at radius 2 is 1.85 bits per heavy atom. The van der Waals surface area contributed by atoms with E-state index in [9.17, 15) is 14.0 Å². The molecular formula is C18H11ClFN3O3S. The molecule has 3 aromatic rings. The minimum Gasteiger partial charge on any atom is -0.364 e. The molecule has 2 N–H and O–H groups in total. The smallest absolute Gasteiger partial charge is 0.364 e. The van der Waals surface area contributed by atoms with Crippen molar-refractivity contribution in [2.24, 2.45) is 10.9 Å². The van der Waals surface area contributed by atoms with Gasteiger partial charge in [-0.1, -0.05) is 41.0 Å². The van der Waals surface area contributed by atoms with Crippen LogP contribution in [0.4, 0.5) is 4.39 Å². The molecule has 0 spiro atoms. The Labute approximate surface area is 162 Å². The third kappa shape index (κ3) is 4.36. The summed E-state index contributed by atoms with van der Waals surface area (Å²) in [5.74, 6) is -2.76. The zero-order chi connectivity index (χ0) is 19.4. The van der Waals surface area contributed by atoms with Crippen molar-refractivity contribution >= 4 is 40.5 Å². The highest BCUT2D eigenvalue weighted by Crippen LogP contribution is 2.24. The molecule has 136 valence electrons. The summed E-state index contributed by atoms with van der Waals surface area (Å²) in [5, 5.41) is 5.91. The van der Waals surface area contributed by atoms with Crippen LogP contribution in [0.15, 0.2) is 59.1 Å². The average Bonchev–Trinajstić information content (AvgIpc) is 3.12. The van der Waals surface area contributed by atoms with E-state index >= 15 is 0 Å². The molecule has 0 fully saturated rings. The lowest BCUT2D eigenvalue weighted by Gasteiger charge is -2.01. The molecule has 0 radical (unpaired) electrons. The van der Waals surface area contributed by atoms with Gasteiger partial charge in [-0.15, -0.1) is 11.3 Å². The van der Waals surface area contributed by atoms with Crippen LogP contribution < -0.4 is 5.73 Å². The maximum absolute atomic E-state index is 13.6. The van der Waals surface area contributed by atoms with Crippen LogP contribution in [0, 0.1) is 5.82 Å². The number of hydrogen-bond acceptors (Lipinski definition) is 6. The van der Waals surface area contributed by atoms with Gasteiger partial charge in [0.1, 0.15) is 5.82 Å². The van der Waals surface area contributed by atoms with Crippen molar-refractivity contribution in [2.75, 3.05) is 0 Å². The van der Waals surface area contributed by atoms with Gasteiger partial charge in [-0.3, -0.25) is 4.79 Å². The molecule has 0 bridgehead atoms. The maximum atomic E-state index is 13.6. The van der Waals surface area contributed by atoms with E-state index in [0.717, 1.165) is 23.0 Å². The van der Waals surface area contributed by atoms with Crippen LogP contribution in [0.2, 0.25) is 5.02 Å². The van der Waals surface area contributed by atoms with Gasteiger partial charge in [0.2, 0.25) is 5.71 Å². The Morgan fingerprint density at radius 1 is 1.15 bits per heavy atom. The van der Waals surface area contributed by atoms with E-state index < -0.39 is 17.7 Å². The molecule has 0 saturated heterocycles. The standard InChI is InChI=1S/C18H11ClFN3O3S/c19-11-7-5-10(6-8-11)14-9-27-17(22-14)15(16(21)24)23-26-18(25)12-3-1-2-4-13(12)20/h1-9H,(H2,21,24). The Kier molecular flexibility index (Phi) is 5.58. The number of rotatable bonds is 5. The Hall–Kier alpha value is -3.10. The highest BCUT2D eigenvalue weighted by Gasteiger charge is 2.19. The monoisotopic (exact) mass is 403 g/mol. The van der Waals surface area contributed by atoms with Crippen molar-refractivity contribution in [1.82, 2.24) is 4.98 Å². The molecule has 0 aliphatic heterocycles. The van der Waals surface area contributed by atoms with E-state index in [4.69, 9.17) is 17.3 Å². The Morgan fingerprint density at radius 3 is 2.52 bits per heavy atom. The summed E-state index contributed by atoms with van der Waals surface area (Å²) in [5.41, 5.74) is 5.99. The van der Waals surface area contributed by atoms with E-state index in [0.29, 0.717) is 10.7 Å². The second kappa shape index (κ2) is 8.07. The highest BCUT2D eigenvalue weighted by atomic mass is 35.5. The zero-order valence-corrected chi connectivity index (χ0v) is 15.1. The fourth-order valence-electron chi connectivity index (χ4n) is 2.09. The molecule has 6 nitrogen and oxygen atoms in total. The molecule has 0 aliphatic rings. The number of benzene rings is 2. The first-order valence-corrected chi connectivity index (χ1v) is 8.77. The van der Waals surface area contributed by atoms with Crippen LogP contribution in [0.1, 0.15) is 15.4 Å². The predicted molar refractivity (Wildman–Crippen MR) is 100 cm³/mol. The van der Waals surface area contributed by atoms with E-state index in [1.165, 1.54) is 18.2 Å². The van der Waals surface area contributed by atoms with Crippen LogP contribution in [-0.4, -0.2) is 22.6 Å². The summed E-state index contributed by atoms with van der Waals surface area (Å²) in [6, 6.07) is 12.2. The third-order valence-corrected chi connectivity index (χ3v) is 4.49. The molecule has 2 aromatic carbocycles. The quantitative estimate of drug-likeness (QED) is 0.399. The summed E-state index contributed by atoms with van der Waals surface area (Å²) in [7, 11) is 0. The molecule has 1 aromatic heterocycles. The molecule has 1 amide bonds. The van der Waals surface area contributed by atoms with E-state index in [2.05, 4.69) is 15.0 Å². The van der Waals surface area contributed by atoms with Gasteiger partial charge in [0, 0.05) is 16.0 Å². The number of carbonyl (C=O) groups excluding carboxylic acids is 2. The number of amides is 1. The SMILES string of the molecule is NC(=O)C(=NOC(=O)c1ccccc1F)c1nc(-c2ccc(Cl)cc2)cs1. The van der Waals surface area contributed by atoms with Crippen LogP contribution in [-0.2, 0) is 9.63 Å². The number of aromatic nitrogens is 1.